The van der Waals surface area contributed by atoms with Gasteiger partial charge in [0, 0.05) is 38.1 Å². The second kappa shape index (κ2) is 9.39. The highest BCUT2D eigenvalue weighted by molar-refractivity contribution is 5.76. The molecule has 2 unspecified atom stereocenters. The summed E-state index contributed by atoms with van der Waals surface area (Å²) in [5.41, 5.74) is 0.717. The third-order valence-corrected chi connectivity index (χ3v) is 5.05. The van der Waals surface area contributed by atoms with Crippen molar-refractivity contribution in [3.8, 4) is 0 Å². The fourth-order valence-electron chi connectivity index (χ4n) is 3.59. The number of hydrogen-bond acceptors (Lipinski definition) is 4. The third kappa shape index (κ3) is 5.22. The molecule has 5 nitrogen and oxygen atoms in total. The lowest BCUT2D eigenvalue weighted by Gasteiger charge is -2.33. The largest absolute Gasteiger partial charge is 0.381 e. The van der Waals surface area contributed by atoms with Crippen LogP contribution in [-0.2, 0) is 14.3 Å². The molecule has 2 heterocycles. The fourth-order valence-corrected chi connectivity index (χ4v) is 3.59. The van der Waals surface area contributed by atoms with Crippen LogP contribution in [0.25, 0.3) is 0 Å². The van der Waals surface area contributed by atoms with Crippen molar-refractivity contribution in [1.29, 1.82) is 0 Å². The smallest absolute Gasteiger partial charge is 0.222 e. The summed E-state index contributed by atoms with van der Waals surface area (Å²) in [6, 6.07) is 3.83. The zero-order valence-corrected chi connectivity index (χ0v) is 14.8. The van der Waals surface area contributed by atoms with Crippen molar-refractivity contribution in [3.63, 3.8) is 0 Å². The standard InChI is InChI=1S/C19H26F2N2O3/c20-16-2-1-13(11-17(16)21)15-3-7-22-12-18(15)23-19(24)6-10-26-14-4-8-25-9-5-14/h1-2,11,14-15,18,22H,3-10,12H2,(H,23,24). The van der Waals surface area contributed by atoms with Crippen molar-refractivity contribution in [2.24, 2.45) is 0 Å². The molecular weight excluding hydrogens is 342 g/mol. The minimum atomic E-state index is -0.853. The molecule has 2 aliphatic rings. The number of rotatable bonds is 6. The van der Waals surface area contributed by atoms with E-state index in [1.165, 1.54) is 6.07 Å². The molecule has 0 bridgehead atoms. The van der Waals surface area contributed by atoms with Crippen LogP contribution in [0, 0.1) is 11.6 Å². The molecule has 1 amide bonds. The Bertz CT molecular complexity index is 608. The minimum Gasteiger partial charge on any atom is -0.381 e. The van der Waals surface area contributed by atoms with Crippen molar-refractivity contribution in [3.05, 3.63) is 35.4 Å². The van der Waals surface area contributed by atoms with Crippen molar-refractivity contribution >= 4 is 5.91 Å². The van der Waals surface area contributed by atoms with Gasteiger partial charge in [-0.2, -0.15) is 0 Å². The molecule has 1 aromatic rings. The first-order valence-electron chi connectivity index (χ1n) is 9.28. The molecule has 144 valence electrons. The van der Waals surface area contributed by atoms with E-state index in [1.54, 1.807) is 6.07 Å². The van der Waals surface area contributed by atoms with Crippen LogP contribution in [0.1, 0.15) is 37.2 Å². The quantitative estimate of drug-likeness (QED) is 0.808. The molecule has 2 aliphatic heterocycles. The van der Waals surface area contributed by atoms with Crippen LogP contribution in [0.2, 0.25) is 0 Å². The normalized spacial score (nSPS) is 24.4. The summed E-state index contributed by atoms with van der Waals surface area (Å²) < 4.78 is 37.8. The first-order chi connectivity index (χ1) is 12.6. The maximum absolute atomic E-state index is 13.6. The molecular formula is C19H26F2N2O3. The first kappa shape index (κ1) is 19.2. The highest BCUT2D eigenvalue weighted by atomic mass is 19.2. The monoisotopic (exact) mass is 368 g/mol. The second-order valence-electron chi connectivity index (χ2n) is 6.88. The Morgan fingerprint density at radius 2 is 2.04 bits per heavy atom. The maximum Gasteiger partial charge on any atom is 0.222 e. The van der Waals surface area contributed by atoms with E-state index in [4.69, 9.17) is 9.47 Å². The average molecular weight is 368 g/mol. The number of benzene rings is 1. The zero-order valence-electron chi connectivity index (χ0n) is 14.8. The van der Waals surface area contributed by atoms with E-state index in [1.807, 2.05) is 0 Å². The molecule has 2 saturated heterocycles. The number of amides is 1. The average Bonchev–Trinajstić information content (AvgIpc) is 2.65. The van der Waals surface area contributed by atoms with Crippen LogP contribution < -0.4 is 10.6 Å². The Morgan fingerprint density at radius 3 is 2.81 bits per heavy atom. The molecule has 0 aromatic heterocycles. The lowest BCUT2D eigenvalue weighted by atomic mass is 9.86. The summed E-state index contributed by atoms with van der Waals surface area (Å²) >= 11 is 0. The van der Waals surface area contributed by atoms with Crippen molar-refractivity contribution in [2.45, 2.75) is 43.7 Å². The first-order valence-corrected chi connectivity index (χ1v) is 9.28. The second-order valence-corrected chi connectivity index (χ2v) is 6.88. The summed E-state index contributed by atoms with van der Waals surface area (Å²) in [6.07, 6.45) is 2.95. The number of nitrogens with one attached hydrogen (secondary N) is 2. The van der Waals surface area contributed by atoms with Gasteiger partial charge in [0.25, 0.3) is 0 Å². The van der Waals surface area contributed by atoms with Gasteiger partial charge >= 0.3 is 0 Å². The highest BCUT2D eigenvalue weighted by Gasteiger charge is 2.28. The predicted octanol–water partition coefficient (Wildman–Crippen LogP) is 2.11. The van der Waals surface area contributed by atoms with Crippen molar-refractivity contribution < 1.29 is 23.0 Å². The Hall–Kier alpha value is -1.57. The van der Waals surface area contributed by atoms with Crippen LogP contribution in [-0.4, -0.2) is 51.0 Å². The van der Waals surface area contributed by atoms with Gasteiger partial charge in [-0.1, -0.05) is 6.07 Å². The molecule has 0 spiro atoms. The van der Waals surface area contributed by atoms with Gasteiger partial charge in [-0.15, -0.1) is 0 Å². The number of carbonyl (C=O) groups is 1. The number of carbonyl (C=O) groups excluding carboxylic acids is 1. The Labute approximate surface area is 152 Å². The lowest BCUT2D eigenvalue weighted by molar-refractivity contribution is -0.124. The van der Waals surface area contributed by atoms with Gasteiger partial charge in [0.15, 0.2) is 11.6 Å². The number of hydrogen-bond donors (Lipinski definition) is 2. The van der Waals surface area contributed by atoms with E-state index >= 15 is 0 Å². The number of ether oxygens (including phenoxy) is 2. The predicted molar refractivity (Wildman–Crippen MR) is 92.9 cm³/mol. The molecule has 0 saturated carbocycles. The van der Waals surface area contributed by atoms with Crippen molar-refractivity contribution in [2.75, 3.05) is 32.9 Å². The summed E-state index contributed by atoms with van der Waals surface area (Å²) in [7, 11) is 0. The summed E-state index contributed by atoms with van der Waals surface area (Å²) in [5, 5.41) is 6.26. The molecule has 0 radical (unpaired) electrons. The fraction of sp³-hybridized carbons (Fsp3) is 0.632. The molecule has 3 rings (SSSR count). The van der Waals surface area contributed by atoms with E-state index in [9.17, 15) is 13.6 Å². The van der Waals surface area contributed by atoms with Crippen LogP contribution in [0.15, 0.2) is 18.2 Å². The van der Waals surface area contributed by atoms with Crippen LogP contribution >= 0.6 is 0 Å². The van der Waals surface area contributed by atoms with E-state index in [0.717, 1.165) is 31.9 Å². The number of halogens is 2. The van der Waals surface area contributed by atoms with E-state index in [-0.39, 0.29) is 24.0 Å². The molecule has 2 atom stereocenters. The van der Waals surface area contributed by atoms with Gasteiger partial charge in [0.1, 0.15) is 0 Å². The molecule has 7 heteroatoms. The maximum atomic E-state index is 13.6. The highest BCUT2D eigenvalue weighted by Crippen LogP contribution is 2.27. The van der Waals surface area contributed by atoms with Gasteiger partial charge in [-0.25, -0.2) is 8.78 Å². The zero-order chi connectivity index (χ0) is 18.4. The van der Waals surface area contributed by atoms with E-state index in [0.29, 0.717) is 38.3 Å². The topological polar surface area (TPSA) is 59.6 Å². The summed E-state index contributed by atoms with van der Waals surface area (Å²) in [5.74, 6) is -1.82. The van der Waals surface area contributed by atoms with Crippen LogP contribution in [0.3, 0.4) is 0 Å². The van der Waals surface area contributed by atoms with Gasteiger partial charge in [-0.05, 0) is 43.5 Å². The number of piperidine rings is 1. The molecule has 2 fully saturated rings. The van der Waals surface area contributed by atoms with Crippen LogP contribution in [0.5, 0.6) is 0 Å². The Balaban J connectivity index is 1.50. The van der Waals surface area contributed by atoms with E-state index in [2.05, 4.69) is 10.6 Å². The summed E-state index contributed by atoms with van der Waals surface area (Å²) in [4.78, 5) is 12.3. The molecule has 1 aromatic carbocycles. The lowest BCUT2D eigenvalue weighted by Crippen LogP contribution is -2.50. The molecule has 0 aliphatic carbocycles. The third-order valence-electron chi connectivity index (χ3n) is 5.05. The van der Waals surface area contributed by atoms with Gasteiger partial charge < -0.3 is 20.1 Å². The molecule has 2 N–H and O–H groups in total. The van der Waals surface area contributed by atoms with Crippen LogP contribution in [0.4, 0.5) is 8.78 Å². The van der Waals surface area contributed by atoms with Gasteiger partial charge in [0.05, 0.1) is 12.7 Å². The van der Waals surface area contributed by atoms with E-state index < -0.39 is 11.6 Å². The Morgan fingerprint density at radius 1 is 1.23 bits per heavy atom. The minimum absolute atomic E-state index is 0.0355. The van der Waals surface area contributed by atoms with Crippen molar-refractivity contribution in [1.82, 2.24) is 10.6 Å². The van der Waals surface area contributed by atoms with Gasteiger partial charge in [-0.3, -0.25) is 4.79 Å². The molecule has 26 heavy (non-hydrogen) atoms. The summed E-state index contributed by atoms with van der Waals surface area (Å²) in [6.45, 7) is 3.19. The SMILES string of the molecule is O=C(CCOC1CCOCC1)NC1CNCCC1c1ccc(F)c(F)c1. The van der Waals surface area contributed by atoms with Gasteiger partial charge in [0.2, 0.25) is 5.91 Å². The Kier molecular flexibility index (Phi) is 6.93.